The maximum Gasteiger partial charge on any atom is 0.130 e. The van der Waals surface area contributed by atoms with Crippen LogP contribution in [0.2, 0.25) is 0 Å². The van der Waals surface area contributed by atoms with Gasteiger partial charge in [-0.2, -0.15) is 0 Å². The summed E-state index contributed by atoms with van der Waals surface area (Å²) < 4.78 is 2.01. The Balaban J connectivity index is 2.03. The van der Waals surface area contributed by atoms with E-state index in [1.807, 2.05) is 42.1 Å². The molecule has 0 saturated heterocycles. The molecule has 1 unspecified atom stereocenters. The minimum Gasteiger partial charge on any atom is -0.396 e. The molecule has 0 spiro atoms. The summed E-state index contributed by atoms with van der Waals surface area (Å²) in [6.45, 7) is 2.28. The summed E-state index contributed by atoms with van der Waals surface area (Å²) in [5.74, 6) is 1.01. The molecule has 2 N–H and O–H groups in total. The third kappa shape index (κ3) is 2.90. The number of benzene rings is 1. The van der Waals surface area contributed by atoms with Crippen molar-refractivity contribution in [3.05, 3.63) is 48.0 Å². The standard InChI is InChI=1S/C14H19N3O/c1-11(14-15-8-9-17(14)2)16-13-5-3-12(4-6-13)7-10-18/h3-6,8-9,11,16,18H,7,10H2,1-2H3. The van der Waals surface area contributed by atoms with Crippen LogP contribution in [0.5, 0.6) is 0 Å². The average molecular weight is 245 g/mol. The van der Waals surface area contributed by atoms with Crippen LogP contribution >= 0.6 is 0 Å². The monoisotopic (exact) mass is 245 g/mol. The molecular weight excluding hydrogens is 226 g/mol. The number of hydrogen-bond donors (Lipinski definition) is 2. The highest BCUT2D eigenvalue weighted by Gasteiger charge is 2.09. The number of nitrogens with zero attached hydrogens (tertiary/aromatic N) is 2. The second-order valence-corrected chi connectivity index (χ2v) is 4.43. The molecule has 2 aromatic rings. The van der Waals surface area contributed by atoms with Crippen LogP contribution in [0, 0.1) is 0 Å². The molecule has 2 rings (SSSR count). The van der Waals surface area contributed by atoms with Gasteiger partial charge in [0, 0.05) is 31.7 Å². The minimum absolute atomic E-state index is 0.161. The first-order chi connectivity index (χ1) is 8.70. The summed E-state index contributed by atoms with van der Waals surface area (Å²) in [4.78, 5) is 4.33. The van der Waals surface area contributed by atoms with Gasteiger partial charge < -0.3 is 15.0 Å². The van der Waals surface area contributed by atoms with E-state index < -0.39 is 0 Å². The lowest BCUT2D eigenvalue weighted by Gasteiger charge is -2.15. The van der Waals surface area contributed by atoms with Gasteiger partial charge in [0.05, 0.1) is 6.04 Å². The summed E-state index contributed by atoms with van der Waals surface area (Å²) in [5.41, 5.74) is 2.21. The fourth-order valence-corrected chi connectivity index (χ4v) is 2.01. The third-order valence-corrected chi connectivity index (χ3v) is 2.98. The Labute approximate surface area is 107 Å². The maximum absolute atomic E-state index is 8.86. The molecule has 0 saturated carbocycles. The molecule has 1 heterocycles. The fourth-order valence-electron chi connectivity index (χ4n) is 2.01. The molecule has 1 atom stereocenters. The molecule has 4 nitrogen and oxygen atoms in total. The molecule has 1 aromatic carbocycles. The number of aryl methyl sites for hydroxylation is 1. The Hall–Kier alpha value is -1.81. The molecule has 0 amide bonds. The van der Waals surface area contributed by atoms with E-state index in [2.05, 4.69) is 17.2 Å². The number of aliphatic hydroxyl groups is 1. The van der Waals surface area contributed by atoms with E-state index in [-0.39, 0.29) is 12.6 Å². The van der Waals surface area contributed by atoms with Crippen molar-refractivity contribution < 1.29 is 5.11 Å². The van der Waals surface area contributed by atoms with Gasteiger partial charge in [-0.05, 0) is 31.0 Å². The highest BCUT2D eigenvalue weighted by molar-refractivity contribution is 5.45. The third-order valence-electron chi connectivity index (χ3n) is 2.98. The number of hydrogen-bond acceptors (Lipinski definition) is 3. The lowest BCUT2D eigenvalue weighted by atomic mass is 10.1. The average Bonchev–Trinajstić information content (AvgIpc) is 2.78. The summed E-state index contributed by atoms with van der Waals surface area (Å²) in [5, 5.41) is 12.3. The van der Waals surface area contributed by atoms with Crippen molar-refractivity contribution in [1.29, 1.82) is 0 Å². The topological polar surface area (TPSA) is 50.1 Å². The Morgan fingerprint density at radius 2 is 2.06 bits per heavy atom. The predicted octanol–water partition coefficient (Wildman–Crippen LogP) is 2.13. The summed E-state index contributed by atoms with van der Waals surface area (Å²) in [7, 11) is 1.99. The Kier molecular flexibility index (Phi) is 3.99. The van der Waals surface area contributed by atoms with E-state index in [9.17, 15) is 0 Å². The van der Waals surface area contributed by atoms with Gasteiger partial charge in [0.25, 0.3) is 0 Å². The first-order valence-electron chi connectivity index (χ1n) is 6.14. The van der Waals surface area contributed by atoms with Crippen molar-refractivity contribution >= 4 is 5.69 Å². The van der Waals surface area contributed by atoms with Crippen LogP contribution in [0.25, 0.3) is 0 Å². The van der Waals surface area contributed by atoms with Gasteiger partial charge in [0.1, 0.15) is 5.82 Å². The zero-order valence-electron chi connectivity index (χ0n) is 10.8. The van der Waals surface area contributed by atoms with Gasteiger partial charge in [-0.25, -0.2) is 4.98 Å². The van der Waals surface area contributed by atoms with Crippen LogP contribution in [0.3, 0.4) is 0 Å². The Morgan fingerprint density at radius 3 is 2.61 bits per heavy atom. The molecular formula is C14H19N3O. The first-order valence-corrected chi connectivity index (χ1v) is 6.14. The SMILES string of the molecule is CC(Nc1ccc(CCO)cc1)c1nccn1C. The number of nitrogens with one attached hydrogen (secondary N) is 1. The van der Waals surface area contributed by atoms with Crippen molar-refractivity contribution in [3.63, 3.8) is 0 Å². The van der Waals surface area contributed by atoms with Crippen molar-refractivity contribution in [3.8, 4) is 0 Å². The molecule has 18 heavy (non-hydrogen) atoms. The molecule has 1 aromatic heterocycles. The zero-order valence-corrected chi connectivity index (χ0v) is 10.8. The van der Waals surface area contributed by atoms with Crippen molar-refractivity contribution in [1.82, 2.24) is 9.55 Å². The molecule has 0 aliphatic carbocycles. The van der Waals surface area contributed by atoms with E-state index in [0.717, 1.165) is 17.1 Å². The normalized spacial score (nSPS) is 12.4. The summed E-state index contributed by atoms with van der Waals surface area (Å²) >= 11 is 0. The van der Waals surface area contributed by atoms with E-state index >= 15 is 0 Å². The zero-order chi connectivity index (χ0) is 13.0. The van der Waals surface area contributed by atoms with E-state index in [0.29, 0.717) is 6.42 Å². The molecule has 0 aliphatic heterocycles. The van der Waals surface area contributed by atoms with Gasteiger partial charge in [-0.15, -0.1) is 0 Å². The van der Waals surface area contributed by atoms with E-state index in [1.165, 1.54) is 0 Å². The lowest BCUT2D eigenvalue weighted by molar-refractivity contribution is 0.299. The molecule has 4 heteroatoms. The highest BCUT2D eigenvalue weighted by Crippen LogP contribution is 2.18. The van der Waals surface area contributed by atoms with Crippen LogP contribution in [0.15, 0.2) is 36.7 Å². The second kappa shape index (κ2) is 5.69. The quantitative estimate of drug-likeness (QED) is 0.848. The van der Waals surface area contributed by atoms with Gasteiger partial charge >= 0.3 is 0 Å². The van der Waals surface area contributed by atoms with Gasteiger partial charge in [-0.1, -0.05) is 12.1 Å². The van der Waals surface area contributed by atoms with Crippen molar-refractivity contribution in [2.45, 2.75) is 19.4 Å². The number of rotatable bonds is 5. The second-order valence-electron chi connectivity index (χ2n) is 4.43. The van der Waals surface area contributed by atoms with Crippen LogP contribution in [-0.4, -0.2) is 21.3 Å². The van der Waals surface area contributed by atoms with Crippen LogP contribution in [0.4, 0.5) is 5.69 Å². The van der Waals surface area contributed by atoms with Crippen molar-refractivity contribution in [2.24, 2.45) is 7.05 Å². The number of aliphatic hydroxyl groups excluding tert-OH is 1. The number of anilines is 1. The highest BCUT2D eigenvalue weighted by atomic mass is 16.2. The Bertz CT molecular complexity index is 490. The maximum atomic E-state index is 8.86. The number of imidazole rings is 1. The smallest absolute Gasteiger partial charge is 0.130 e. The molecule has 0 fully saturated rings. The van der Waals surface area contributed by atoms with Gasteiger partial charge in [0.2, 0.25) is 0 Å². The fraction of sp³-hybridized carbons (Fsp3) is 0.357. The lowest BCUT2D eigenvalue weighted by Crippen LogP contribution is -2.11. The van der Waals surface area contributed by atoms with E-state index in [1.54, 1.807) is 6.20 Å². The molecule has 96 valence electrons. The molecule has 0 bridgehead atoms. The van der Waals surface area contributed by atoms with Crippen LogP contribution in [-0.2, 0) is 13.5 Å². The minimum atomic E-state index is 0.161. The van der Waals surface area contributed by atoms with Crippen molar-refractivity contribution in [2.75, 3.05) is 11.9 Å². The van der Waals surface area contributed by atoms with E-state index in [4.69, 9.17) is 5.11 Å². The van der Waals surface area contributed by atoms with Gasteiger partial charge in [-0.3, -0.25) is 0 Å². The summed E-state index contributed by atoms with van der Waals surface area (Å²) in [6.07, 6.45) is 4.45. The molecule has 0 aliphatic rings. The van der Waals surface area contributed by atoms with Gasteiger partial charge in [0.15, 0.2) is 0 Å². The van der Waals surface area contributed by atoms with Crippen LogP contribution < -0.4 is 5.32 Å². The van der Waals surface area contributed by atoms with Crippen LogP contribution in [0.1, 0.15) is 24.4 Å². The first kappa shape index (κ1) is 12.6. The number of aromatic nitrogens is 2. The largest absolute Gasteiger partial charge is 0.396 e. The predicted molar refractivity (Wildman–Crippen MR) is 72.5 cm³/mol. The Morgan fingerprint density at radius 1 is 1.33 bits per heavy atom. The molecule has 0 radical (unpaired) electrons. The summed E-state index contributed by atoms with van der Waals surface area (Å²) in [6, 6.07) is 8.29.